The van der Waals surface area contributed by atoms with Gasteiger partial charge < -0.3 is 22.1 Å². The van der Waals surface area contributed by atoms with Crippen LogP contribution < -0.4 is 32.7 Å². The lowest BCUT2D eigenvalue weighted by atomic mass is 9.93. The van der Waals surface area contributed by atoms with Crippen molar-refractivity contribution in [1.82, 2.24) is 21.3 Å². The summed E-state index contributed by atoms with van der Waals surface area (Å²) in [7, 11) is 0. The van der Waals surface area contributed by atoms with Crippen molar-refractivity contribution in [3.8, 4) is 0 Å². The first-order chi connectivity index (χ1) is 13.4. The number of urea groups is 4. The van der Waals surface area contributed by atoms with E-state index in [0.29, 0.717) is 11.1 Å². The highest BCUT2D eigenvalue weighted by Crippen LogP contribution is 2.29. The van der Waals surface area contributed by atoms with E-state index >= 15 is 0 Å². The molecule has 2 atom stereocenters. The molecule has 2 aromatic carbocycles. The molecule has 0 aliphatic rings. The average Bonchev–Trinajstić information content (AvgIpc) is 2.65. The minimum absolute atomic E-state index is 0.635. The number of nitrogens with one attached hydrogen (secondary N) is 4. The van der Waals surface area contributed by atoms with Crippen LogP contribution in [0.1, 0.15) is 23.2 Å². The second-order valence-corrected chi connectivity index (χ2v) is 5.70. The van der Waals surface area contributed by atoms with E-state index in [4.69, 9.17) is 11.5 Å². The summed E-state index contributed by atoms with van der Waals surface area (Å²) in [4.78, 5) is 46.2. The number of carbonyl (C=O) groups is 4. The molecule has 0 aliphatic carbocycles. The molecule has 0 bridgehead atoms. The Bertz CT molecular complexity index is 772. The lowest BCUT2D eigenvalue weighted by molar-refractivity contribution is 0.218. The molecule has 8 amide bonds. The van der Waals surface area contributed by atoms with Crippen LogP contribution in [0, 0.1) is 0 Å². The van der Waals surface area contributed by atoms with Crippen molar-refractivity contribution >= 4 is 24.1 Å². The summed E-state index contributed by atoms with van der Waals surface area (Å²) in [5, 5.41) is 9.07. The fourth-order valence-corrected chi connectivity index (χ4v) is 2.62. The summed E-state index contributed by atoms with van der Waals surface area (Å²) >= 11 is 0. The van der Waals surface area contributed by atoms with Gasteiger partial charge in [-0.05, 0) is 11.1 Å². The van der Waals surface area contributed by atoms with Crippen molar-refractivity contribution in [3.63, 3.8) is 0 Å². The SMILES string of the molecule is NC(=O)NC(=O)N[C@H](c1ccccc1)[C@H](NC(=O)NC(N)=O)c1ccccc1. The normalized spacial score (nSPS) is 12.1. The van der Waals surface area contributed by atoms with Gasteiger partial charge in [0.1, 0.15) is 0 Å². The number of hydrogen-bond acceptors (Lipinski definition) is 4. The molecule has 0 unspecified atom stereocenters. The molecule has 0 fully saturated rings. The quantitative estimate of drug-likeness (QED) is 0.456. The van der Waals surface area contributed by atoms with Crippen LogP contribution in [0.25, 0.3) is 0 Å². The average molecular weight is 384 g/mol. The van der Waals surface area contributed by atoms with Gasteiger partial charge in [-0.1, -0.05) is 60.7 Å². The van der Waals surface area contributed by atoms with Crippen molar-refractivity contribution in [1.29, 1.82) is 0 Å². The van der Waals surface area contributed by atoms with E-state index < -0.39 is 36.2 Å². The van der Waals surface area contributed by atoms with Crippen LogP contribution in [0.2, 0.25) is 0 Å². The monoisotopic (exact) mass is 384 g/mol. The Morgan fingerprint density at radius 1 is 0.607 bits per heavy atom. The topological polar surface area (TPSA) is 168 Å². The fraction of sp³-hybridized carbons (Fsp3) is 0.111. The molecule has 10 heteroatoms. The first-order valence-electron chi connectivity index (χ1n) is 8.20. The molecule has 0 saturated carbocycles. The maximum absolute atomic E-state index is 12.1. The fourth-order valence-electron chi connectivity index (χ4n) is 2.62. The number of imide groups is 2. The van der Waals surface area contributed by atoms with Gasteiger partial charge in [-0.2, -0.15) is 0 Å². The minimum Gasteiger partial charge on any atom is -0.351 e. The third-order valence-electron chi connectivity index (χ3n) is 3.70. The molecule has 8 N–H and O–H groups in total. The third-order valence-corrected chi connectivity index (χ3v) is 3.70. The highest BCUT2D eigenvalue weighted by Gasteiger charge is 2.28. The zero-order valence-corrected chi connectivity index (χ0v) is 14.7. The van der Waals surface area contributed by atoms with E-state index in [1.54, 1.807) is 60.7 Å². The van der Waals surface area contributed by atoms with Crippen molar-refractivity contribution in [2.75, 3.05) is 0 Å². The summed E-state index contributed by atoms with van der Waals surface area (Å²) in [5.41, 5.74) is 11.2. The van der Waals surface area contributed by atoms with Gasteiger partial charge in [0.2, 0.25) is 0 Å². The predicted octanol–water partition coefficient (Wildman–Crippen LogP) is 1.22. The summed E-state index contributed by atoms with van der Waals surface area (Å²) in [6.07, 6.45) is 0. The first kappa shape index (κ1) is 20.2. The van der Waals surface area contributed by atoms with E-state index in [0.717, 1.165) is 0 Å². The van der Waals surface area contributed by atoms with Crippen LogP contribution in [0.5, 0.6) is 0 Å². The maximum atomic E-state index is 12.1. The zero-order chi connectivity index (χ0) is 20.5. The molecular formula is C18H20N6O4. The van der Waals surface area contributed by atoms with Gasteiger partial charge in [-0.25, -0.2) is 19.2 Å². The van der Waals surface area contributed by atoms with Gasteiger partial charge in [0.15, 0.2) is 0 Å². The van der Waals surface area contributed by atoms with Gasteiger partial charge in [0, 0.05) is 0 Å². The standard InChI is InChI=1S/C18H20N6O4/c19-15(25)23-17(27)21-13(11-7-3-1-4-8-11)14(12-9-5-2-6-10-12)22-18(28)24-16(20)26/h1-10,13-14H,(H4,19,21,23,25,27)(H4,20,22,24,26,28)/t13-,14-/m1/s1. The summed E-state index contributed by atoms with van der Waals surface area (Å²) in [6.45, 7) is 0. The largest absolute Gasteiger partial charge is 0.351 e. The lowest BCUT2D eigenvalue weighted by Crippen LogP contribution is -2.50. The van der Waals surface area contributed by atoms with Crippen molar-refractivity contribution in [2.24, 2.45) is 11.5 Å². The highest BCUT2D eigenvalue weighted by atomic mass is 16.2. The van der Waals surface area contributed by atoms with Gasteiger partial charge in [0.25, 0.3) is 0 Å². The number of nitrogens with two attached hydrogens (primary N) is 2. The molecule has 28 heavy (non-hydrogen) atoms. The van der Waals surface area contributed by atoms with Gasteiger partial charge >= 0.3 is 24.1 Å². The number of primary amides is 2. The number of benzene rings is 2. The predicted molar refractivity (Wildman–Crippen MR) is 101 cm³/mol. The van der Waals surface area contributed by atoms with Gasteiger partial charge in [-0.3, -0.25) is 10.6 Å². The number of amides is 8. The molecule has 0 aliphatic heterocycles. The van der Waals surface area contributed by atoms with Crippen molar-refractivity contribution in [3.05, 3.63) is 71.8 Å². The molecular weight excluding hydrogens is 364 g/mol. The summed E-state index contributed by atoms with van der Waals surface area (Å²) in [6, 6.07) is 12.2. The third kappa shape index (κ3) is 6.02. The molecule has 0 aromatic heterocycles. The Balaban J connectivity index is 2.41. The molecule has 10 nitrogen and oxygen atoms in total. The smallest absolute Gasteiger partial charge is 0.323 e. The molecule has 0 saturated heterocycles. The van der Waals surface area contributed by atoms with Crippen LogP contribution in [0.15, 0.2) is 60.7 Å². The lowest BCUT2D eigenvalue weighted by Gasteiger charge is -2.29. The Hall–Kier alpha value is -4.08. The van der Waals surface area contributed by atoms with Gasteiger partial charge in [-0.15, -0.1) is 0 Å². The van der Waals surface area contributed by atoms with E-state index in [-0.39, 0.29) is 0 Å². The number of carbonyl (C=O) groups excluding carboxylic acids is 4. The molecule has 2 aromatic rings. The van der Waals surface area contributed by atoms with Crippen LogP contribution in [0.4, 0.5) is 19.2 Å². The van der Waals surface area contributed by atoms with Crippen molar-refractivity contribution < 1.29 is 19.2 Å². The second-order valence-electron chi connectivity index (χ2n) is 5.70. The Morgan fingerprint density at radius 2 is 0.929 bits per heavy atom. The molecule has 2 rings (SSSR count). The van der Waals surface area contributed by atoms with Crippen LogP contribution in [-0.2, 0) is 0 Å². The van der Waals surface area contributed by atoms with Crippen LogP contribution >= 0.6 is 0 Å². The second kappa shape index (κ2) is 9.57. The Kier molecular flexibility index (Phi) is 6.92. The molecule has 0 radical (unpaired) electrons. The Morgan fingerprint density at radius 3 is 1.21 bits per heavy atom. The summed E-state index contributed by atoms with van der Waals surface area (Å²) < 4.78 is 0. The number of hydrogen-bond donors (Lipinski definition) is 6. The minimum atomic E-state index is -1.03. The molecule has 0 heterocycles. The highest BCUT2D eigenvalue weighted by molar-refractivity contribution is 5.93. The van der Waals surface area contributed by atoms with Crippen LogP contribution in [0.3, 0.4) is 0 Å². The Labute approximate surface area is 160 Å². The molecule has 0 spiro atoms. The van der Waals surface area contributed by atoms with E-state index in [1.165, 1.54) is 0 Å². The van der Waals surface area contributed by atoms with E-state index in [2.05, 4.69) is 10.6 Å². The van der Waals surface area contributed by atoms with E-state index in [9.17, 15) is 19.2 Å². The van der Waals surface area contributed by atoms with E-state index in [1.807, 2.05) is 10.6 Å². The zero-order valence-electron chi connectivity index (χ0n) is 14.7. The first-order valence-corrected chi connectivity index (χ1v) is 8.20. The summed E-state index contributed by atoms with van der Waals surface area (Å²) in [5.74, 6) is 0. The van der Waals surface area contributed by atoms with Crippen LogP contribution in [-0.4, -0.2) is 24.1 Å². The van der Waals surface area contributed by atoms with Gasteiger partial charge in [0.05, 0.1) is 12.1 Å². The maximum Gasteiger partial charge on any atom is 0.323 e. The van der Waals surface area contributed by atoms with Crippen molar-refractivity contribution in [2.45, 2.75) is 12.1 Å². The molecule has 146 valence electrons. The number of rotatable bonds is 5.